The Bertz CT molecular complexity index is 5550. The van der Waals surface area contributed by atoms with Crippen LogP contribution >= 0.6 is 0 Å². The Morgan fingerprint density at radius 2 is 0.507 bits per heavy atom. The van der Waals surface area contributed by atoms with Crippen LogP contribution in [-0.4, -0.2) is 125 Å². The van der Waals surface area contributed by atoms with Crippen LogP contribution in [0.3, 0.4) is 0 Å². The molecule has 0 spiro atoms. The average Bonchev–Trinajstić information content (AvgIpc) is 1.63. The third kappa shape index (κ3) is 46.4. The molecule has 1 aliphatic heterocycles. The van der Waals surface area contributed by atoms with E-state index in [0.29, 0.717) is 46.2 Å². The van der Waals surface area contributed by atoms with E-state index < -0.39 is 0 Å². The predicted octanol–water partition coefficient (Wildman–Crippen LogP) is 38.0. The van der Waals surface area contributed by atoms with Crippen LogP contribution in [0.4, 0.5) is 0 Å². The van der Waals surface area contributed by atoms with Crippen molar-refractivity contribution in [2.45, 2.75) is 422 Å². The fourth-order valence-electron chi connectivity index (χ4n) is 20.3. The fraction of sp³-hybridized carbons (Fsp3) is 0.579. The summed E-state index contributed by atoms with van der Waals surface area (Å²) in [6.07, 6.45) is 85.3. The Hall–Kier alpha value is -10.2. The number of carbonyl (C=O) groups is 1. The van der Waals surface area contributed by atoms with Crippen LogP contribution in [0.5, 0.6) is 28.7 Å². The molecule has 0 radical (unpaired) electrons. The van der Waals surface area contributed by atoms with Crippen molar-refractivity contribution in [1.82, 2.24) is 39.8 Å². The first kappa shape index (κ1) is 123. The highest BCUT2D eigenvalue weighted by Gasteiger charge is 2.31. The zero-order valence-electron chi connectivity index (χ0n) is 95.5. The first-order valence-corrected chi connectivity index (χ1v) is 60.2. The molecule has 0 saturated carbocycles. The standard InChI is InChI=1S/C27H45NO.C25H41NO.C23H37NO.C21H33NO.C19H17N3O.C18H27NO4/c1-3-5-6-7-8-9-10-11-12-13-14-15-16-17-21-29-25-19-20-27-26(22-25)24(18-4-2)23-28-27;1-3-5-6-7-8-9-10-11-12-13-14-15-19-27-23-17-18-25-24(20-23)22(16-4-2)21-26-25;1-3-5-6-7-8-9-10-11-12-13-17-25-21-15-16-23-22(18-21)20(14-4-2)19-24-23;1-3-5-6-7-8-9-10-11-15-23-19-13-14-21-20(16-19)18(12-4-2)17-22-21;1-12-7-8-17-18(21-12)14(11-20-17)9-10-22-13(2)15-5-3-4-6-16(15)19(22)23;1-3-4-15-14-19-18-6-5-16(13-17(15)18)23-12-11-22-10-9-21-8-7-20-2/h19-20,22-23,28H,3-18,21H2,1-2H3;17-18,20-21,26H,3-16,19H2,1-2H3;15-16,18-19,24H,3-14,17H2,1-2H3;13-14,16-17,22H,3-12,15H2,1-2H3;3-8,11,20H,2,9-10H2,1H3;5-6,13-14,19H,3-4,7-12H2,1-2H3. The first-order chi connectivity index (χ1) is 73.9. The van der Waals surface area contributed by atoms with Gasteiger partial charge in [-0.2, -0.15) is 0 Å². The monoisotopic (exact) mass is 2050 g/mol. The minimum atomic E-state index is 0.0366. The molecule has 17 heteroatoms. The molecule has 6 aromatic carbocycles. The molecule has 7 aromatic heterocycles. The van der Waals surface area contributed by atoms with E-state index in [1.54, 1.807) is 12.0 Å². The number of ether oxygens (including phenoxy) is 8. The van der Waals surface area contributed by atoms with Crippen molar-refractivity contribution in [3.05, 3.63) is 221 Å². The van der Waals surface area contributed by atoms with E-state index in [1.807, 2.05) is 55.6 Å². The van der Waals surface area contributed by atoms with Crippen molar-refractivity contribution in [3.63, 3.8) is 0 Å². The third-order valence-electron chi connectivity index (χ3n) is 29.0. The quantitative estimate of drug-likeness (QED) is 0.0199. The molecule has 17 nitrogen and oxygen atoms in total. The van der Waals surface area contributed by atoms with Crippen molar-refractivity contribution in [3.8, 4) is 28.7 Å². The molecule has 14 rings (SSSR count). The number of hydrogen-bond donors (Lipinski definition) is 6. The van der Waals surface area contributed by atoms with Crippen molar-refractivity contribution in [1.29, 1.82) is 0 Å². The summed E-state index contributed by atoms with van der Waals surface area (Å²) in [6, 6.07) is 43.6. The van der Waals surface area contributed by atoms with Crippen LogP contribution < -0.4 is 23.7 Å². The summed E-state index contributed by atoms with van der Waals surface area (Å²) in [6.45, 7) is 33.7. The zero-order valence-corrected chi connectivity index (χ0v) is 95.5. The van der Waals surface area contributed by atoms with Gasteiger partial charge in [-0.15, -0.1) is 0 Å². The minimum absolute atomic E-state index is 0.0366. The number of fused-ring (bicyclic) bond motifs is 7. The number of rotatable bonds is 75. The highest BCUT2D eigenvalue weighted by Crippen LogP contribution is 2.35. The highest BCUT2D eigenvalue weighted by atomic mass is 16.6. The number of methoxy groups -OCH3 is 1. The summed E-state index contributed by atoms with van der Waals surface area (Å²) in [4.78, 5) is 38.9. The summed E-state index contributed by atoms with van der Waals surface area (Å²) in [5.41, 5.74) is 19.6. The summed E-state index contributed by atoms with van der Waals surface area (Å²) in [5, 5.41) is 6.54. The lowest BCUT2D eigenvalue weighted by molar-refractivity contribution is 0.0180. The Balaban J connectivity index is 0.000000200. The summed E-state index contributed by atoms with van der Waals surface area (Å²) >= 11 is 0. The number of hydrogen-bond acceptors (Lipinski definition) is 10. The highest BCUT2D eigenvalue weighted by molar-refractivity contribution is 6.09. The van der Waals surface area contributed by atoms with Crippen molar-refractivity contribution in [2.24, 2.45) is 0 Å². The van der Waals surface area contributed by atoms with E-state index >= 15 is 0 Å². The molecule has 1 amide bonds. The second-order valence-corrected chi connectivity index (χ2v) is 41.8. The number of pyridine rings is 1. The van der Waals surface area contributed by atoms with Gasteiger partial charge in [0.15, 0.2) is 0 Å². The Labute approximate surface area is 906 Å². The Morgan fingerprint density at radius 1 is 0.260 bits per heavy atom. The van der Waals surface area contributed by atoms with Gasteiger partial charge in [-0.05, 0) is 214 Å². The number of H-pyrrole nitrogens is 6. The maximum atomic E-state index is 12.5. The molecule has 0 bridgehead atoms. The van der Waals surface area contributed by atoms with Crippen molar-refractivity contribution < 1.29 is 42.7 Å². The van der Waals surface area contributed by atoms with E-state index in [2.05, 4.69) is 220 Å². The van der Waals surface area contributed by atoms with Gasteiger partial charge in [0.2, 0.25) is 0 Å². The van der Waals surface area contributed by atoms with Gasteiger partial charge in [0.25, 0.3) is 5.91 Å². The molecular weight excluding hydrogens is 1850 g/mol. The van der Waals surface area contributed by atoms with E-state index in [0.717, 1.165) is 145 Å². The summed E-state index contributed by atoms with van der Waals surface area (Å²) in [5.74, 6) is 4.98. The summed E-state index contributed by atoms with van der Waals surface area (Å²) in [7, 11) is 1.66. The Morgan fingerprint density at radius 3 is 0.787 bits per heavy atom. The van der Waals surface area contributed by atoms with Gasteiger partial charge in [-0.1, -0.05) is 376 Å². The molecule has 0 unspecified atom stereocenters. The van der Waals surface area contributed by atoms with Crippen LogP contribution in [-0.2, 0) is 52.7 Å². The van der Waals surface area contributed by atoms with E-state index in [1.165, 1.54) is 385 Å². The summed E-state index contributed by atoms with van der Waals surface area (Å²) < 4.78 is 45.4. The third-order valence-corrected chi connectivity index (χ3v) is 29.0. The molecule has 6 N–H and O–H groups in total. The smallest absolute Gasteiger partial charge is 0.258 e. The second-order valence-electron chi connectivity index (χ2n) is 41.8. The van der Waals surface area contributed by atoms with Crippen molar-refractivity contribution in [2.75, 3.05) is 79.7 Å². The fourth-order valence-corrected chi connectivity index (χ4v) is 20.3. The number of carbonyl (C=O) groups excluding carboxylic acids is 1. The SMILES string of the molecule is C=C1c2ccccc2C(=O)N1CCc1c[nH]c2ccc(C)nc12.CCCCCCCCCCCCCCCCOc1ccc2[nH]cc(CCC)c2c1.CCCCCCCCCCCCCCOc1ccc2[nH]cc(CCC)c2c1.CCCCCCCCCCCCOc1ccc2[nH]cc(CCC)c2c1.CCCCCCCCCCOc1ccc2[nH]cc(CCC)c2c1.CCCc1c[nH]c2ccc(OCCOCCOCCOC)cc12. The lowest BCUT2D eigenvalue weighted by Crippen LogP contribution is -2.25. The second kappa shape index (κ2) is 77.2. The molecule has 0 saturated heterocycles. The molecule has 0 aliphatic carbocycles. The van der Waals surface area contributed by atoms with Crippen molar-refractivity contribution >= 4 is 77.2 Å². The van der Waals surface area contributed by atoms with Crippen LogP contribution in [0.25, 0.3) is 71.2 Å². The van der Waals surface area contributed by atoms with Gasteiger partial charge in [0, 0.05) is 128 Å². The number of benzene rings is 6. The lowest BCUT2D eigenvalue weighted by atomic mass is 10.0. The zero-order chi connectivity index (χ0) is 106. The minimum Gasteiger partial charge on any atom is -0.494 e. The van der Waals surface area contributed by atoms with Crippen LogP contribution in [0, 0.1) is 6.92 Å². The number of unbranched alkanes of at least 4 members (excludes halogenated alkanes) is 40. The van der Waals surface area contributed by atoms with Gasteiger partial charge in [0.05, 0.1) is 70.5 Å². The van der Waals surface area contributed by atoms with Gasteiger partial charge < -0.3 is 72.7 Å². The van der Waals surface area contributed by atoms with E-state index in [9.17, 15) is 4.79 Å². The number of aromatic nitrogens is 7. The van der Waals surface area contributed by atoms with Crippen LogP contribution in [0.2, 0.25) is 0 Å². The van der Waals surface area contributed by atoms with Gasteiger partial charge >= 0.3 is 0 Å². The van der Waals surface area contributed by atoms with Crippen LogP contribution in [0.15, 0.2) is 171 Å². The molecule has 1 aliphatic rings. The number of nitrogens with one attached hydrogen (secondary N) is 6. The Kier molecular flexibility index (Phi) is 63.4. The number of nitrogens with zero attached hydrogens (tertiary/aromatic N) is 2. The first-order valence-electron chi connectivity index (χ1n) is 60.2. The van der Waals surface area contributed by atoms with Gasteiger partial charge in [-0.25, -0.2) is 0 Å². The molecule has 8 heterocycles. The van der Waals surface area contributed by atoms with E-state index in [-0.39, 0.29) is 5.91 Å². The predicted molar refractivity (Wildman–Crippen MR) is 639 cm³/mol. The van der Waals surface area contributed by atoms with Crippen LogP contribution in [0.1, 0.15) is 432 Å². The normalized spacial score (nSPS) is 11.7. The van der Waals surface area contributed by atoms with Gasteiger partial charge in [0.1, 0.15) is 35.4 Å². The molecule has 0 atom stereocenters. The van der Waals surface area contributed by atoms with Gasteiger partial charge in [-0.3, -0.25) is 9.78 Å². The lowest BCUT2D eigenvalue weighted by Gasteiger charge is -2.17. The molecule has 826 valence electrons. The molecule has 13 aromatic rings. The molecule has 150 heavy (non-hydrogen) atoms. The number of amides is 1. The topological polar surface area (TPSA) is 202 Å². The average molecular weight is 2060 g/mol. The number of aryl methyl sites for hydroxylation is 6. The maximum absolute atomic E-state index is 12.5. The van der Waals surface area contributed by atoms with E-state index in [4.69, 9.17) is 37.9 Å². The molecule has 0 fully saturated rings. The molecular formula is C133H200N8O9. The largest absolute Gasteiger partial charge is 0.494 e. The number of aromatic amines is 6. The maximum Gasteiger partial charge on any atom is 0.258 e.